The van der Waals surface area contributed by atoms with Crippen LogP contribution in [0, 0.1) is 0 Å². The van der Waals surface area contributed by atoms with E-state index in [1.165, 1.54) is 15.8 Å². The van der Waals surface area contributed by atoms with E-state index in [4.69, 9.17) is 0 Å². The molecular weight excluding hydrogens is 268 g/mol. The number of para-hydroxylation sites is 1. The van der Waals surface area contributed by atoms with Crippen LogP contribution in [0.4, 0.5) is 0 Å². The molecule has 1 atom stereocenters. The van der Waals surface area contributed by atoms with Gasteiger partial charge >= 0.3 is 0 Å². The minimum atomic E-state index is 0.00592. The molecule has 102 valence electrons. The molecule has 2 heterocycles. The van der Waals surface area contributed by atoms with Gasteiger partial charge in [-0.2, -0.15) is 0 Å². The zero-order chi connectivity index (χ0) is 13.9. The Kier molecular flexibility index (Phi) is 3.56. The molecule has 0 aliphatic heterocycles. The molecule has 0 spiro atoms. The fraction of sp³-hybridized carbons (Fsp3) is 0.188. The first kappa shape index (κ1) is 12.9. The molecule has 2 aromatic heterocycles. The molecule has 0 saturated heterocycles. The van der Waals surface area contributed by atoms with Gasteiger partial charge in [-0.25, -0.2) is 0 Å². The molecule has 0 radical (unpaired) electrons. The lowest BCUT2D eigenvalue weighted by Gasteiger charge is -2.15. The summed E-state index contributed by atoms with van der Waals surface area (Å²) in [5, 5.41) is 6.23. The lowest BCUT2D eigenvalue weighted by molar-refractivity contribution is -0.118. The maximum absolute atomic E-state index is 11.2. The summed E-state index contributed by atoms with van der Waals surface area (Å²) in [5.41, 5.74) is 2.36. The molecule has 3 aromatic rings. The van der Waals surface area contributed by atoms with Crippen molar-refractivity contribution in [2.24, 2.45) is 0 Å². The van der Waals surface area contributed by atoms with Gasteiger partial charge in [-0.1, -0.05) is 24.3 Å². The van der Waals surface area contributed by atoms with E-state index in [2.05, 4.69) is 46.1 Å². The number of carbonyl (C=O) groups excluding carboxylic acids is 1. The van der Waals surface area contributed by atoms with Crippen molar-refractivity contribution in [3.8, 4) is 0 Å². The van der Waals surface area contributed by atoms with Crippen molar-refractivity contribution in [2.45, 2.75) is 12.8 Å². The minimum absolute atomic E-state index is 0.00592. The van der Waals surface area contributed by atoms with Crippen LogP contribution in [0.15, 0.2) is 48.0 Å². The number of aromatic nitrogens is 1. The van der Waals surface area contributed by atoms with Gasteiger partial charge in [0.25, 0.3) is 0 Å². The first-order valence-corrected chi connectivity index (χ1v) is 7.47. The van der Waals surface area contributed by atoms with Crippen LogP contribution in [0.2, 0.25) is 0 Å². The Hall–Kier alpha value is -2.07. The molecule has 0 aliphatic rings. The van der Waals surface area contributed by atoms with Gasteiger partial charge in [-0.15, -0.1) is 11.3 Å². The summed E-state index contributed by atoms with van der Waals surface area (Å²) in [6.45, 7) is 2.18. The third-order valence-electron chi connectivity index (χ3n) is 3.44. The van der Waals surface area contributed by atoms with E-state index in [0.29, 0.717) is 6.54 Å². The van der Waals surface area contributed by atoms with Crippen molar-refractivity contribution >= 4 is 28.1 Å². The lowest BCUT2D eigenvalue weighted by atomic mass is 9.97. The summed E-state index contributed by atoms with van der Waals surface area (Å²) in [5.74, 6) is 0.196. The highest BCUT2D eigenvalue weighted by molar-refractivity contribution is 7.10. The maximum atomic E-state index is 11.2. The highest BCUT2D eigenvalue weighted by atomic mass is 32.1. The Labute approximate surface area is 121 Å². The quantitative estimate of drug-likeness (QED) is 0.756. The number of fused-ring (bicyclic) bond motifs is 1. The summed E-state index contributed by atoms with van der Waals surface area (Å²) in [7, 11) is 0. The van der Waals surface area contributed by atoms with Crippen molar-refractivity contribution in [1.82, 2.24) is 10.3 Å². The van der Waals surface area contributed by atoms with E-state index in [1.54, 1.807) is 18.3 Å². The largest absolute Gasteiger partial charge is 0.361 e. The molecular formula is C16H16N2OS. The minimum Gasteiger partial charge on any atom is -0.361 e. The van der Waals surface area contributed by atoms with Gasteiger partial charge < -0.3 is 10.3 Å². The number of rotatable bonds is 4. The highest BCUT2D eigenvalue weighted by Crippen LogP contribution is 2.32. The molecule has 3 rings (SSSR count). The van der Waals surface area contributed by atoms with Crippen LogP contribution in [-0.2, 0) is 4.79 Å². The molecule has 4 heteroatoms. The predicted octanol–water partition coefficient (Wildman–Crippen LogP) is 3.50. The van der Waals surface area contributed by atoms with Gasteiger partial charge in [-0.05, 0) is 23.1 Å². The van der Waals surface area contributed by atoms with Crippen molar-refractivity contribution < 1.29 is 4.79 Å². The summed E-state index contributed by atoms with van der Waals surface area (Å²) >= 11 is 1.72. The van der Waals surface area contributed by atoms with Crippen molar-refractivity contribution in [2.75, 3.05) is 6.54 Å². The normalized spacial score (nSPS) is 12.4. The van der Waals surface area contributed by atoms with Crippen molar-refractivity contribution in [3.05, 3.63) is 58.4 Å². The molecule has 0 bridgehead atoms. The molecule has 0 saturated carbocycles. The summed E-state index contributed by atoms with van der Waals surface area (Å²) < 4.78 is 0. The van der Waals surface area contributed by atoms with Crippen molar-refractivity contribution in [3.63, 3.8) is 0 Å². The topological polar surface area (TPSA) is 44.9 Å². The summed E-state index contributed by atoms with van der Waals surface area (Å²) in [6, 6.07) is 12.4. The van der Waals surface area contributed by atoms with E-state index in [0.717, 1.165) is 5.52 Å². The van der Waals surface area contributed by atoms with Gasteiger partial charge in [0.1, 0.15) is 0 Å². The number of benzene rings is 1. The molecule has 1 unspecified atom stereocenters. The Morgan fingerprint density at radius 3 is 2.90 bits per heavy atom. The smallest absolute Gasteiger partial charge is 0.216 e. The summed E-state index contributed by atoms with van der Waals surface area (Å²) in [4.78, 5) is 15.8. The van der Waals surface area contributed by atoms with Crippen molar-refractivity contribution in [1.29, 1.82) is 0 Å². The van der Waals surface area contributed by atoms with E-state index < -0.39 is 0 Å². The Bertz CT molecular complexity index is 715. The standard InChI is InChI=1S/C16H16N2OS/c1-11(19)17-10-14(16-7-4-8-20-16)13-9-18-15-6-3-2-5-12(13)15/h2-9,14,18H,10H2,1H3,(H,17,19). The van der Waals surface area contributed by atoms with E-state index in [-0.39, 0.29) is 11.8 Å². The molecule has 1 aromatic carbocycles. The number of thiophene rings is 1. The Morgan fingerprint density at radius 2 is 2.15 bits per heavy atom. The number of amides is 1. The van der Waals surface area contributed by atoms with Gasteiger partial charge in [0.2, 0.25) is 5.91 Å². The number of H-pyrrole nitrogens is 1. The molecule has 0 aliphatic carbocycles. The Balaban J connectivity index is 2.02. The second-order valence-electron chi connectivity index (χ2n) is 4.79. The molecule has 3 nitrogen and oxygen atoms in total. The van der Waals surface area contributed by atoms with E-state index in [9.17, 15) is 4.79 Å². The molecule has 2 N–H and O–H groups in total. The van der Waals surface area contributed by atoms with Crippen LogP contribution in [0.1, 0.15) is 23.3 Å². The average Bonchev–Trinajstić information content (AvgIpc) is 3.09. The number of carbonyl (C=O) groups is 1. The predicted molar refractivity (Wildman–Crippen MR) is 83.1 cm³/mol. The second-order valence-corrected chi connectivity index (χ2v) is 5.77. The number of aromatic amines is 1. The fourth-order valence-electron chi connectivity index (χ4n) is 2.48. The van der Waals surface area contributed by atoms with Crippen LogP contribution >= 0.6 is 11.3 Å². The van der Waals surface area contributed by atoms with Crippen LogP contribution in [0.25, 0.3) is 10.9 Å². The highest BCUT2D eigenvalue weighted by Gasteiger charge is 2.19. The van der Waals surface area contributed by atoms with Crippen LogP contribution in [-0.4, -0.2) is 17.4 Å². The first-order valence-electron chi connectivity index (χ1n) is 6.59. The lowest BCUT2D eigenvalue weighted by Crippen LogP contribution is -2.26. The first-order chi connectivity index (χ1) is 9.75. The van der Waals surface area contributed by atoms with Crippen LogP contribution in [0.3, 0.4) is 0 Å². The average molecular weight is 284 g/mol. The zero-order valence-electron chi connectivity index (χ0n) is 11.2. The van der Waals surface area contributed by atoms with Crippen LogP contribution in [0.5, 0.6) is 0 Å². The second kappa shape index (κ2) is 5.51. The number of hydrogen-bond acceptors (Lipinski definition) is 2. The number of hydrogen-bond donors (Lipinski definition) is 2. The fourth-order valence-corrected chi connectivity index (χ4v) is 3.33. The van der Waals surface area contributed by atoms with Gasteiger partial charge in [0.15, 0.2) is 0 Å². The van der Waals surface area contributed by atoms with E-state index >= 15 is 0 Å². The third kappa shape index (κ3) is 2.47. The SMILES string of the molecule is CC(=O)NCC(c1cccs1)c1c[nH]c2ccccc12. The zero-order valence-corrected chi connectivity index (χ0v) is 12.0. The van der Waals surface area contributed by atoms with Crippen LogP contribution < -0.4 is 5.32 Å². The Morgan fingerprint density at radius 1 is 1.30 bits per heavy atom. The van der Waals surface area contributed by atoms with Gasteiger partial charge in [0.05, 0.1) is 0 Å². The van der Waals surface area contributed by atoms with Gasteiger partial charge in [0, 0.05) is 41.4 Å². The molecule has 0 fully saturated rings. The van der Waals surface area contributed by atoms with E-state index in [1.807, 2.05) is 12.1 Å². The molecule has 1 amide bonds. The third-order valence-corrected chi connectivity index (χ3v) is 4.42. The summed E-state index contributed by atoms with van der Waals surface area (Å²) in [6.07, 6.45) is 2.05. The number of nitrogens with one attached hydrogen (secondary N) is 2. The van der Waals surface area contributed by atoms with Gasteiger partial charge in [-0.3, -0.25) is 4.79 Å². The molecule has 20 heavy (non-hydrogen) atoms. The maximum Gasteiger partial charge on any atom is 0.216 e. The monoisotopic (exact) mass is 284 g/mol.